The fraction of sp³-hybridized carbons (Fsp3) is 0.393. The van der Waals surface area contributed by atoms with Gasteiger partial charge in [-0.2, -0.15) is 0 Å². The van der Waals surface area contributed by atoms with Gasteiger partial charge in [0.2, 0.25) is 5.91 Å². The molecule has 2 atom stereocenters. The number of amides is 2. The molecule has 0 bridgehead atoms. The molecule has 36 heavy (non-hydrogen) atoms. The number of aromatic nitrogens is 3. The molecule has 1 aliphatic heterocycles. The van der Waals surface area contributed by atoms with Crippen LogP contribution in [-0.4, -0.2) is 49.6 Å². The molecule has 0 aliphatic carbocycles. The average Bonchev–Trinajstić information content (AvgIpc) is 3.54. The Kier molecular flexibility index (Phi) is 6.20. The van der Waals surface area contributed by atoms with Crippen molar-refractivity contribution in [2.24, 2.45) is 7.05 Å². The number of ether oxygens (including phenoxy) is 1. The molecule has 2 aromatic heterocycles. The standard InChI is InChI=1S/C28H33N5O3/c1-28(2,3)36-27(35)31-22(16-18-17-32(4)23-13-8-5-10-19(18)23)26(34)33-15-9-14-24(33)25-29-20-11-6-7-12-21(20)30-25/h5-8,10-13,17,22,24H,9,14-16H2,1-4H3,(H,29,30)(H,31,35). The Morgan fingerprint density at radius 2 is 1.92 bits per heavy atom. The van der Waals surface area contributed by atoms with Gasteiger partial charge in [0.05, 0.1) is 17.1 Å². The maximum Gasteiger partial charge on any atom is 0.408 e. The smallest absolute Gasteiger partial charge is 0.408 e. The first-order chi connectivity index (χ1) is 17.2. The maximum atomic E-state index is 14.0. The molecule has 0 spiro atoms. The number of nitrogens with one attached hydrogen (secondary N) is 2. The first-order valence-corrected chi connectivity index (χ1v) is 12.5. The van der Waals surface area contributed by atoms with Crippen LogP contribution in [0.2, 0.25) is 0 Å². The average molecular weight is 488 g/mol. The van der Waals surface area contributed by atoms with Crippen LogP contribution in [0.25, 0.3) is 21.9 Å². The molecule has 1 fully saturated rings. The number of benzene rings is 2. The molecule has 0 radical (unpaired) electrons. The summed E-state index contributed by atoms with van der Waals surface area (Å²) in [6, 6.07) is 15.0. The zero-order chi connectivity index (χ0) is 25.4. The Hall–Kier alpha value is -3.81. The van der Waals surface area contributed by atoms with Gasteiger partial charge in [0, 0.05) is 37.1 Å². The highest BCUT2D eigenvalue weighted by Gasteiger charge is 2.37. The summed E-state index contributed by atoms with van der Waals surface area (Å²) < 4.78 is 7.57. The number of aryl methyl sites for hydroxylation is 1. The summed E-state index contributed by atoms with van der Waals surface area (Å²) in [6.07, 6.45) is 3.49. The van der Waals surface area contributed by atoms with Gasteiger partial charge in [-0.05, 0) is 57.4 Å². The number of fused-ring (bicyclic) bond motifs is 2. The second-order valence-corrected chi connectivity index (χ2v) is 10.5. The van der Waals surface area contributed by atoms with Crippen LogP contribution in [0.1, 0.15) is 51.0 Å². The molecule has 8 heteroatoms. The number of carbonyl (C=O) groups is 2. The Morgan fingerprint density at radius 1 is 1.17 bits per heavy atom. The van der Waals surface area contributed by atoms with Gasteiger partial charge in [0.15, 0.2) is 0 Å². The van der Waals surface area contributed by atoms with E-state index >= 15 is 0 Å². The second kappa shape index (κ2) is 9.33. The molecule has 5 rings (SSSR count). The number of hydrogen-bond donors (Lipinski definition) is 2. The van der Waals surface area contributed by atoms with Crippen molar-refractivity contribution in [2.45, 2.75) is 57.7 Å². The minimum Gasteiger partial charge on any atom is -0.444 e. The van der Waals surface area contributed by atoms with E-state index in [0.29, 0.717) is 13.0 Å². The monoisotopic (exact) mass is 487 g/mol. The highest BCUT2D eigenvalue weighted by atomic mass is 16.6. The molecule has 188 valence electrons. The number of imidazole rings is 1. The maximum absolute atomic E-state index is 14.0. The lowest BCUT2D eigenvalue weighted by Crippen LogP contribution is -2.50. The Balaban J connectivity index is 1.45. The number of nitrogens with zero attached hydrogens (tertiary/aromatic N) is 3. The number of hydrogen-bond acceptors (Lipinski definition) is 4. The van der Waals surface area contributed by atoms with E-state index in [1.54, 1.807) is 0 Å². The van der Waals surface area contributed by atoms with E-state index in [-0.39, 0.29) is 11.9 Å². The highest BCUT2D eigenvalue weighted by molar-refractivity contribution is 5.89. The summed E-state index contributed by atoms with van der Waals surface area (Å²) in [5.41, 5.74) is 3.25. The summed E-state index contributed by atoms with van der Waals surface area (Å²) in [7, 11) is 1.99. The number of rotatable bonds is 5. The van der Waals surface area contributed by atoms with Gasteiger partial charge < -0.3 is 24.5 Å². The van der Waals surface area contributed by atoms with E-state index < -0.39 is 17.7 Å². The van der Waals surface area contributed by atoms with Crippen LogP contribution in [0.15, 0.2) is 54.7 Å². The predicted molar refractivity (Wildman–Crippen MR) is 140 cm³/mol. The number of carbonyl (C=O) groups excluding carboxylic acids is 2. The SMILES string of the molecule is Cn1cc(CC(NC(=O)OC(C)(C)C)C(=O)N2CCCC2c2nc3ccccc3[nH]2)c2ccccc21. The second-order valence-electron chi connectivity index (χ2n) is 10.5. The lowest BCUT2D eigenvalue weighted by atomic mass is 10.0. The molecule has 2 unspecified atom stereocenters. The van der Waals surface area contributed by atoms with E-state index in [4.69, 9.17) is 9.72 Å². The molecule has 4 aromatic rings. The Bertz CT molecular complexity index is 1380. The normalized spacial score (nSPS) is 17.0. The lowest BCUT2D eigenvalue weighted by molar-refractivity contribution is -0.134. The van der Waals surface area contributed by atoms with Gasteiger partial charge in [-0.1, -0.05) is 30.3 Å². The zero-order valence-electron chi connectivity index (χ0n) is 21.2. The van der Waals surface area contributed by atoms with Crippen LogP contribution < -0.4 is 5.32 Å². The summed E-state index contributed by atoms with van der Waals surface area (Å²) in [4.78, 5) is 36.8. The van der Waals surface area contributed by atoms with Gasteiger partial charge in [0.25, 0.3) is 0 Å². The first-order valence-electron chi connectivity index (χ1n) is 12.5. The third-order valence-electron chi connectivity index (χ3n) is 6.65. The van der Waals surface area contributed by atoms with Gasteiger partial charge in [-0.15, -0.1) is 0 Å². The molecule has 3 heterocycles. The minimum absolute atomic E-state index is 0.128. The van der Waals surface area contributed by atoms with Crippen LogP contribution in [0.5, 0.6) is 0 Å². The summed E-state index contributed by atoms with van der Waals surface area (Å²) in [5, 5.41) is 3.95. The van der Waals surface area contributed by atoms with Crippen molar-refractivity contribution in [3.05, 3.63) is 66.1 Å². The van der Waals surface area contributed by atoms with Crippen molar-refractivity contribution < 1.29 is 14.3 Å². The molecule has 1 saturated heterocycles. The van der Waals surface area contributed by atoms with E-state index in [1.807, 2.05) is 85.9 Å². The lowest BCUT2D eigenvalue weighted by Gasteiger charge is -2.29. The van der Waals surface area contributed by atoms with Gasteiger partial charge in [-0.25, -0.2) is 9.78 Å². The largest absolute Gasteiger partial charge is 0.444 e. The van der Waals surface area contributed by atoms with Crippen molar-refractivity contribution in [2.75, 3.05) is 6.54 Å². The first kappa shape index (κ1) is 23.9. The van der Waals surface area contributed by atoms with Crippen LogP contribution in [0.3, 0.4) is 0 Å². The fourth-order valence-electron chi connectivity index (χ4n) is 5.10. The molecule has 2 N–H and O–H groups in total. The molecule has 0 saturated carbocycles. The molecular formula is C28H33N5O3. The molecule has 8 nitrogen and oxygen atoms in total. The summed E-state index contributed by atoms with van der Waals surface area (Å²) >= 11 is 0. The summed E-state index contributed by atoms with van der Waals surface area (Å²) in [5.74, 6) is 0.653. The Morgan fingerprint density at radius 3 is 2.69 bits per heavy atom. The van der Waals surface area contributed by atoms with Crippen LogP contribution >= 0.6 is 0 Å². The van der Waals surface area contributed by atoms with E-state index in [9.17, 15) is 9.59 Å². The van der Waals surface area contributed by atoms with Gasteiger partial charge in [0.1, 0.15) is 17.5 Å². The van der Waals surface area contributed by atoms with Gasteiger partial charge in [-0.3, -0.25) is 4.79 Å². The van der Waals surface area contributed by atoms with Crippen LogP contribution in [0.4, 0.5) is 4.79 Å². The minimum atomic E-state index is -0.768. The molecule has 2 amide bonds. The van der Waals surface area contributed by atoms with Crippen molar-refractivity contribution in [3.63, 3.8) is 0 Å². The number of likely N-dealkylation sites (tertiary alicyclic amines) is 1. The topological polar surface area (TPSA) is 92.2 Å². The van der Waals surface area contributed by atoms with E-state index in [2.05, 4.69) is 16.4 Å². The fourth-order valence-corrected chi connectivity index (χ4v) is 5.10. The van der Waals surface area contributed by atoms with Crippen molar-refractivity contribution in [1.29, 1.82) is 0 Å². The van der Waals surface area contributed by atoms with E-state index in [1.165, 1.54) is 0 Å². The van der Waals surface area contributed by atoms with Crippen LogP contribution in [0, 0.1) is 0 Å². The molecular weight excluding hydrogens is 454 g/mol. The molecule has 1 aliphatic rings. The predicted octanol–water partition coefficient (Wildman–Crippen LogP) is 4.85. The van der Waals surface area contributed by atoms with Crippen molar-refractivity contribution >= 4 is 33.9 Å². The van der Waals surface area contributed by atoms with Crippen molar-refractivity contribution in [1.82, 2.24) is 24.8 Å². The number of H-pyrrole nitrogens is 1. The van der Waals surface area contributed by atoms with Gasteiger partial charge >= 0.3 is 6.09 Å². The van der Waals surface area contributed by atoms with E-state index in [0.717, 1.165) is 46.2 Å². The summed E-state index contributed by atoms with van der Waals surface area (Å²) in [6.45, 7) is 6.05. The molecule has 2 aromatic carbocycles. The number of para-hydroxylation sites is 3. The number of aromatic amines is 1. The third kappa shape index (κ3) is 4.80. The van der Waals surface area contributed by atoms with Crippen LogP contribution in [-0.2, 0) is 23.0 Å². The third-order valence-corrected chi connectivity index (χ3v) is 6.65. The Labute approximate surface area is 210 Å². The van der Waals surface area contributed by atoms with Crippen molar-refractivity contribution in [3.8, 4) is 0 Å². The quantitative estimate of drug-likeness (QED) is 0.421. The highest BCUT2D eigenvalue weighted by Crippen LogP contribution is 2.32. The number of alkyl carbamates (subject to hydrolysis) is 1. The zero-order valence-corrected chi connectivity index (χ0v) is 21.2.